The number of benzene rings is 2. The Morgan fingerprint density at radius 3 is 2.51 bits per heavy atom. The summed E-state index contributed by atoms with van der Waals surface area (Å²) in [6, 6.07) is 14.3. The molecular formula is C27H35N5O3. The Morgan fingerprint density at radius 2 is 1.83 bits per heavy atom. The number of rotatable bonds is 10. The summed E-state index contributed by atoms with van der Waals surface area (Å²) in [7, 11) is 1.61. The van der Waals surface area contributed by atoms with Crippen molar-refractivity contribution in [3.63, 3.8) is 0 Å². The number of nitrogens with one attached hydrogen (secondary N) is 1. The molecule has 1 aliphatic rings. The van der Waals surface area contributed by atoms with Gasteiger partial charge in [0.25, 0.3) is 0 Å². The maximum atomic E-state index is 13.9. The normalized spacial score (nSPS) is 14.9. The van der Waals surface area contributed by atoms with Gasteiger partial charge < -0.3 is 15.0 Å². The lowest BCUT2D eigenvalue weighted by molar-refractivity contribution is -0.144. The molecule has 2 aromatic carbocycles. The molecule has 2 amide bonds. The lowest BCUT2D eigenvalue weighted by Gasteiger charge is -2.36. The molecule has 8 nitrogen and oxygen atoms in total. The summed E-state index contributed by atoms with van der Waals surface area (Å²) < 4.78 is 6.95. The number of nitrogens with zero attached hydrogens (tertiary/aromatic N) is 4. The minimum atomic E-state index is -0.724. The second-order valence-electron chi connectivity index (χ2n) is 9.62. The maximum Gasteiger partial charge on any atom is 0.247 e. The Morgan fingerprint density at radius 1 is 1.11 bits per heavy atom. The molecule has 1 N–H and O–H groups in total. The number of fused-ring (bicyclic) bond motifs is 1. The molecule has 0 unspecified atom stereocenters. The SMILES string of the molecule is COc1ccc([C@H](C(=O)NCCC(C)C)N(C(=O)Cn2nnc3ccccc32)C2CCCC2)cc1. The van der Waals surface area contributed by atoms with Gasteiger partial charge in [-0.05, 0) is 55.0 Å². The van der Waals surface area contributed by atoms with Crippen LogP contribution in [0.2, 0.25) is 0 Å². The van der Waals surface area contributed by atoms with Crippen LogP contribution in [0.15, 0.2) is 48.5 Å². The minimum Gasteiger partial charge on any atom is -0.497 e. The van der Waals surface area contributed by atoms with Gasteiger partial charge in [-0.1, -0.05) is 56.2 Å². The Balaban J connectivity index is 1.67. The monoisotopic (exact) mass is 477 g/mol. The van der Waals surface area contributed by atoms with E-state index in [1.54, 1.807) is 16.7 Å². The van der Waals surface area contributed by atoms with E-state index in [2.05, 4.69) is 29.5 Å². The van der Waals surface area contributed by atoms with Gasteiger partial charge in [0.1, 0.15) is 23.9 Å². The fourth-order valence-corrected chi connectivity index (χ4v) is 4.79. The van der Waals surface area contributed by atoms with Crippen LogP contribution in [0.25, 0.3) is 11.0 Å². The van der Waals surface area contributed by atoms with Crippen LogP contribution in [-0.2, 0) is 16.1 Å². The Kier molecular flexibility index (Phi) is 8.00. The van der Waals surface area contributed by atoms with Gasteiger partial charge in [0.05, 0.1) is 12.6 Å². The van der Waals surface area contributed by atoms with Gasteiger partial charge in [0, 0.05) is 12.6 Å². The second-order valence-corrected chi connectivity index (χ2v) is 9.62. The maximum absolute atomic E-state index is 13.9. The van der Waals surface area contributed by atoms with Crippen LogP contribution in [0.4, 0.5) is 0 Å². The van der Waals surface area contributed by atoms with Crippen LogP contribution in [0.3, 0.4) is 0 Å². The molecule has 0 bridgehead atoms. The van der Waals surface area contributed by atoms with Crippen molar-refractivity contribution < 1.29 is 14.3 Å². The van der Waals surface area contributed by atoms with E-state index in [9.17, 15) is 9.59 Å². The van der Waals surface area contributed by atoms with E-state index in [0.717, 1.165) is 48.7 Å². The number of hydrogen-bond donors (Lipinski definition) is 1. The van der Waals surface area contributed by atoms with E-state index in [0.29, 0.717) is 18.2 Å². The van der Waals surface area contributed by atoms with Crippen molar-refractivity contribution in [1.82, 2.24) is 25.2 Å². The first kappa shape index (κ1) is 24.7. The molecule has 0 radical (unpaired) electrons. The molecule has 0 saturated heterocycles. The Bertz CT molecular complexity index is 1140. The van der Waals surface area contributed by atoms with E-state index in [1.807, 2.05) is 48.5 Å². The van der Waals surface area contributed by atoms with Crippen molar-refractivity contribution in [2.75, 3.05) is 13.7 Å². The number of ether oxygens (including phenoxy) is 1. The molecule has 0 aliphatic heterocycles. The molecule has 1 atom stereocenters. The molecule has 1 aromatic heterocycles. The lowest BCUT2D eigenvalue weighted by atomic mass is 10.0. The van der Waals surface area contributed by atoms with E-state index in [1.165, 1.54) is 0 Å². The highest BCUT2D eigenvalue weighted by Crippen LogP contribution is 2.33. The molecule has 8 heteroatoms. The standard InChI is InChI=1S/C27H35N5O3/c1-19(2)16-17-28-27(34)26(20-12-14-22(35-3)15-13-20)32(21-8-4-5-9-21)25(33)18-31-24-11-7-6-10-23(24)29-30-31/h6-7,10-15,19,21,26H,4-5,8-9,16-18H2,1-3H3,(H,28,34)/t26-/m1/s1. The summed E-state index contributed by atoms with van der Waals surface area (Å²) in [6.07, 6.45) is 4.74. The van der Waals surface area contributed by atoms with E-state index < -0.39 is 6.04 Å². The van der Waals surface area contributed by atoms with Crippen LogP contribution in [0.5, 0.6) is 5.75 Å². The molecule has 186 valence electrons. The molecule has 1 saturated carbocycles. The molecule has 1 heterocycles. The summed E-state index contributed by atoms with van der Waals surface area (Å²) in [5, 5.41) is 11.5. The van der Waals surface area contributed by atoms with Gasteiger partial charge in [-0.25, -0.2) is 4.68 Å². The number of carbonyl (C=O) groups is 2. The summed E-state index contributed by atoms with van der Waals surface area (Å²) in [4.78, 5) is 29.3. The van der Waals surface area contributed by atoms with Gasteiger partial charge in [0.15, 0.2) is 0 Å². The van der Waals surface area contributed by atoms with Crippen molar-refractivity contribution >= 4 is 22.8 Å². The molecule has 1 fully saturated rings. The van der Waals surface area contributed by atoms with Crippen LogP contribution in [-0.4, -0.2) is 51.4 Å². The first-order chi connectivity index (χ1) is 17.0. The largest absolute Gasteiger partial charge is 0.497 e. The Labute approximate surface area is 206 Å². The zero-order valence-corrected chi connectivity index (χ0v) is 20.8. The third-order valence-corrected chi connectivity index (χ3v) is 6.69. The van der Waals surface area contributed by atoms with Crippen molar-refractivity contribution in [1.29, 1.82) is 0 Å². The quantitative estimate of drug-likeness (QED) is 0.475. The number of aromatic nitrogens is 3. The van der Waals surface area contributed by atoms with Crippen LogP contribution >= 0.6 is 0 Å². The zero-order valence-electron chi connectivity index (χ0n) is 20.8. The number of para-hydroxylation sites is 1. The minimum absolute atomic E-state index is 0.000219. The topological polar surface area (TPSA) is 89.4 Å². The predicted octanol–water partition coefficient (Wildman–Crippen LogP) is 4.11. The van der Waals surface area contributed by atoms with Crippen molar-refractivity contribution in [3.8, 4) is 5.75 Å². The first-order valence-corrected chi connectivity index (χ1v) is 12.5. The summed E-state index contributed by atoms with van der Waals surface area (Å²) in [5.74, 6) is 0.898. The first-order valence-electron chi connectivity index (χ1n) is 12.5. The zero-order chi connectivity index (χ0) is 24.8. The van der Waals surface area contributed by atoms with Crippen LogP contribution < -0.4 is 10.1 Å². The number of carbonyl (C=O) groups excluding carboxylic acids is 2. The van der Waals surface area contributed by atoms with Crippen molar-refractivity contribution in [2.24, 2.45) is 5.92 Å². The van der Waals surface area contributed by atoms with Gasteiger partial charge in [-0.15, -0.1) is 5.10 Å². The molecule has 35 heavy (non-hydrogen) atoms. The number of methoxy groups -OCH3 is 1. The molecule has 1 aliphatic carbocycles. The fraction of sp³-hybridized carbons (Fsp3) is 0.481. The van der Waals surface area contributed by atoms with E-state index in [-0.39, 0.29) is 24.4 Å². The third-order valence-electron chi connectivity index (χ3n) is 6.69. The highest BCUT2D eigenvalue weighted by Gasteiger charge is 2.37. The highest BCUT2D eigenvalue weighted by atomic mass is 16.5. The van der Waals surface area contributed by atoms with Crippen molar-refractivity contribution in [3.05, 3.63) is 54.1 Å². The fourth-order valence-electron chi connectivity index (χ4n) is 4.79. The molecule has 4 rings (SSSR count). The second kappa shape index (κ2) is 11.3. The predicted molar refractivity (Wildman–Crippen MR) is 135 cm³/mol. The molecular weight excluding hydrogens is 442 g/mol. The molecule has 0 spiro atoms. The summed E-state index contributed by atoms with van der Waals surface area (Å²) >= 11 is 0. The van der Waals surface area contributed by atoms with Gasteiger partial charge >= 0.3 is 0 Å². The summed E-state index contributed by atoms with van der Waals surface area (Å²) in [6.45, 7) is 4.86. The van der Waals surface area contributed by atoms with Crippen LogP contribution in [0.1, 0.15) is 57.6 Å². The number of amides is 2. The van der Waals surface area contributed by atoms with Crippen molar-refractivity contribution in [2.45, 2.75) is 64.6 Å². The number of hydrogen-bond acceptors (Lipinski definition) is 5. The van der Waals surface area contributed by atoms with E-state index >= 15 is 0 Å². The van der Waals surface area contributed by atoms with Gasteiger partial charge in [-0.2, -0.15) is 0 Å². The Hall–Kier alpha value is -3.42. The molecule has 3 aromatic rings. The van der Waals surface area contributed by atoms with Gasteiger partial charge in [0.2, 0.25) is 11.8 Å². The summed E-state index contributed by atoms with van der Waals surface area (Å²) in [5.41, 5.74) is 2.32. The smallest absolute Gasteiger partial charge is 0.247 e. The third kappa shape index (κ3) is 5.81. The average molecular weight is 478 g/mol. The lowest BCUT2D eigenvalue weighted by Crippen LogP contribution is -2.49. The van der Waals surface area contributed by atoms with Gasteiger partial charge in [-0.3, -0.25) is 9.59 Å². The van der Waals surface area contributed by atoms with E-state index in [4.69, 9.17) is 4.74 Å². The average Bonchev–Trinajstić information content (AvgIpc) is 3.53. The highest BCUT2D eigenvalue weighted by molar-refractivity contribution is 5.89. The van der Waals surface area contributed by atoms with Crippen LogP contribution in [0, 0.1) is 5.92 Å².